The molecule has 18 heavy (non-hydrogen) atoms. The molecule has 0 aliphatic rings. The molecule has 0 spiro atoms. The highest BCUT2D eigenvalue weighted by Crippen LogP contribution is 2.43. The van der Waals surface area contributed by atoms with E-state index in [1.807, 2.05) is 0 Å². The molecule has 1 rings (SSSR count). The SMILES string of the molecule is Cc1cc(C)cc(S(=O)(=O)C(F)(F)C(F)(F)F)c1. The molecule has 1 aromatic carbocycles. The Balaban J connectivity index is 3.48. The molecule has 0 saturated heterocycles. The Kier molecular flexibility index (Phi) is 3.46. The molecule has 2 nitrogen and oxygen atoms in total. The van der Waals surface area contributed by atoms with Gasteiger partial charge in [0.1, 0.15) is 0 Å². The summed E-state index contributed by atoms with van der Waals surface area (Å²) in [7, 11) is -5.80. The van der Waals surface area contributed by atoms with Gasteiger partial charge >= 0.3 is 11.4 Å². The molecular formula is C10H9F5O2S. The smallest absolute Gasteiger partial charge is 0.217 e. The highest BCUT2D eigenvalue weighted by molar-refractivity contribution is 7.92. The van der Waals surface area contributed by atoms with E-state index in [0.717, 1.165) is 12.1 Å². The van der Waals surface area contributed by atoms with Crippen molar-refractivity contribution in [2.75, 3.05) is 0 Å². The second kappa shape index (κ2) is 4.18. The summed E-state index contributed by atoms with van der Waals surface area (Å²) in [4.78, 5) is -1.04. The van der Waals surface area contributed by atoms with Gasteiger partial charge in [0.2, 0.25) is 0 Å². The van der Waals surface area contributed by atoms with Crippen LogP contribution in [-0.4, -0.2) is 19.8 Å². The lowest BCUT2D eigenvalue weighted by Gasteiger charge is -2.20. The van der Waals surface area contributed by atoms with E-state index < -0.39 is 26.2 Å². The lowest BCUT2D eigenvalue weighted by molar-refractivity contribution is -0.241. The van der Waals surface area contributed by atoms with Crippen molar-refractivity contribution in [3.05, 3.63) is 29.3 Å². The predicted molar refractivity (Wildman–Crippen MR) is 54.1 cm³/mol. The molecule has 0 saturated carbocycles. The van der Waals surface area contributed by atoms with Gasteiger partial charge in [-0.3, -0.25) is 0 Å². The van der Waals surface area contributed by atoms with Crippen LogP contribution in [0.3, 0.4) is 0 Å². The van der Waals surface area contributed by atoms with Crippen LogP contribution in [0.2, 0.25) is 0 Å². The highest BCUT2D eigenvalue weighted by Gasteiger charge is 2.67. The van der Waals surface area contributed by atoms with Crippen LogP contribution in [-0.2, 0) is 9.84 Å². The first kappa shape index (κ1) is 14.9. The zero-order chi connectivity index (χ0) is 14.4. The third-order valence-corrected chi connectivity index (χ3v) is 3.94. The fourth-order valence-electron chi connectivity index (χ4n) is 1.39. The number of hydrogen-bond donors (Lipinski definition) is 0. The fraction of sp³-hybridized carbons (Fsp3) is 0.400. The lowest BCUT2D eigenvalue weighted by atomic mass is 10.2. The summed E-state index contributed by atoms with van der Waals surface area (Å²) in [6, 6.07) is 3.02. The third-order valence-electron chi connectivity index (χ3n) is 2.17. The van der Waals surface area contributed by atoms with Crippen molar-refractivity contribution in [1.29, 1.82) is 0 Å². The lowest BCUT2D eigenvalue weighted by Crippen LogP contribution is -2.43. The van der Waals surface area contributed by atoms with E-state index in [0.29, 0.717) is 0 Å². The predicted octanol–water partition coefficient (Wildman–Crippen LogP) is 3.23. The molecular weight excluding hydrogens is 279 g/mol. The van der Waals surface area contributed by atoms with Gasteiger partial charge in [-0.15, -0.1) is 0 Å². The highest BCUT2D eigenvalue weighted by atomic mass is 32.2. The van der Waals surface area contributed by atoms with Gasteiger partial charge in [-0.25, -0.2) is 8.42 Å². The van der Waals surface area contributed by atoms with Crippen LogP contribution in [0.5, 0.6) is 0 Å². The third kappa shape index (κ3) is 2.33. The van der Waals surface area contributed by atoms with Crippen LogP contribution >= 0.6 is 0 Å². The number of hydrogen-bond acceptors (Lipinski definition) is 2. The van der Waals surface area contributed by atoms with Crippen LogP contribution < -0.4 is 0 Å². The van der Waals surface area contributed by atoms with Gasteiger partial charge in [-0.1, -0.05) is 6.07 Å². The van der Waals surface area contributed by atoms with Gasteiger partial charge < -0.3 is 0 Å². The maximum Gasteiger partial charge on any atom is 0.469 e. The quantitative estimate of drug-likeness (QED) is 0.783. The molecule has 0 aromatic heterocycles. The van der Waals surface area contributed by atoms with E-state index >= 15 is 0 Å². The first-order valence-corrected chi connectivity index (χ1v) is 6.15. The summed E-state index contributed by atoms with van der Waals surface area (Å²) in [6.45, 7) is 2.80. The molecule has 1 aromatic rings. The molecule has 0 aliphatic heterocycles. The minimum absolute atomic E-state index is 0.284. The topological polar surface area (TPSA) is 34.1 Å². The summed E-state index contributed by atoms with van der Waals surface area (Å²) in [5, 5.41) is -5.81. The van der Waals surface area contributed by atoms with Gasteiger partial charge in [-0.2, -0.15) is 22.0 Å². The van der Waals surface area contributed by atoms with Gasteiger partial charge in [0, 0.05) is 0 Å². The van der Waals surface area contributed by atoms with Crippen molar-refractivity contribution in [3.63, 3.8) is 0 Å². The molecule has 0 bridgehead atoms. The van der Waals surface area contributed by atoms with E-state index in [1.165, 1.54) is 19.9 Å². The van der Waals surface area contributed by atoms with Gasteiger partial charge in [-0.05, 0) is 37.1 Å². The normalized spacial score (nSPS) is 13.7. The largest absolute Gasteiger partial charge is 0.469 e. The van der Waals surface area contributed by atoms with Crippen molar-refractivity contribution < 1.29 is 30.4 Å². The summed E-state index contributed by atoms with van der Waals surface area (Å²) < 4.78 is 84.8. The molecule has 0 radical (unpaired) electrons. The van der Waals surface area contributed by atoms with Crippen molar-refractivity contribution >= 4 is 9.84 Å². The van der Waals surface area contributed by atoms with Gasteiger partial charge in [0.15, 0.2) is 0 Å². The minimum atomic E-state index is -6.15. The van der Waals surface area contributed by atoms with Crippen molar-refractivity contribution in [1.82, 2.24) is 0 Å². The summed E-state index contributed by atoms with van der Waals surface area (Å²) in [6.07, 6.45) is -6.15. The molecule has 0 N–H and O–H groups in total. The summed E-state index contributed by atoms with van der Waals surface area (Å²) in [5.41, 5.74) is 0.568. The first-order chi connectivity index (χ1) is 7.89. The second-order valence-corrected chi connectivity index (χ2v) is 5.83. The maximum atomic E-state index is 12.9. The molecule has 0 unspecified atom stereocenters. The summed E-state index contributed by atoms with van der Waals surface area (Å²) in [5.74, 6) is 0. The molecule has 0 fully saturated rings. The fourth-order valence-corrected chi connectivity index (χ4v) is 2.67. The Morgan fingerprint density at radius 1 is 0.889 bits per heavy atom. The molecule has 0 aliphatic carbocycles. The molecule has 0 atom stereocenters. The van der Waals surface area contributed by atoms with Crippen molar-refractivity contribution in [2.24, 2.45) is 0 Å². The Bertz CT molecular complexity index is 540. The number of sulfone groups is 1. The van der Waals surface area contributed by atoms with E-state index in [9.17, 15) is 30.4 Å². The monoisotopic (exact) mass is 288 g/mol. The standard InChI is InChI=1S/C10H9F5O2S/c1-6-3-7(2)5-8(4-6)18(16,17)10(14,15)9(11,12)13/h3-5H,1-2H3. The van der Waals surface area contributed by atoms with Crippen LogP contribution in [0.15, 0.2) is 23.1 Å². The van der Waals surface area contributed by atoms with Crippen LogP contribution in [0.1, 0.15) is 11.1 Å². The van der Waals surface area contributed by atoms with E-state index in [-0.39, 0.29) is 11.1 Å². The second-order valence-electron chi connectivity index (χ2n) is 3.84. The summed E-state index contributed by atoms with van der Waals surface area (Å²) >= 11 is 0. The number of rotatable bonds is 2. The van der Waals surface area contributed by atoms with Crippen molar-refractivity contribution in [2.45, 2.75) is 30.2 Å². The zero-order valence-electron chi connectivity index (χ0n) is 9.35. The van der Waals surface area contributed by atoms with Gasteiger partial charge in [0.05, 0.1) is 4.90 Å². The first-order valence-electron chi connectivity index (χ1n) is 4.67. The van der Waals surface area contributed by atoms with Crippen LogP contribution in [0, 0.1) is 13.8 Å². The molecule has 0 amide bonds. The van der Waals surface area contributed by atoms with Crippen molar-refractivity contribution in [3.8, 4) is 0 Å². The number of benzene rings is 1. The Morgan fingerprint density at radius 3 is 1.61 bits per heavy atom. The Labute approximate surface area is 100 Å². The van der Waals surface area contributed by atoms with E-state index in [2.05, 4.69) is 0 Å². The van der Waals surface area contributed by atoms with E-state index in [4.69, 9.17) is 0 Å². The number of halogens is 5. The average Bonchev–Trinajstić information content (AvgIpc) is 2.13. The Hall–Kier alpha value is -1.18. The average molecular weight is 288 g/mol. The zero-order valence-corrected chi connectivity index (χ0v) is 10.2. The minimum Gasteiger partial charge on any atom is -0.217 e. The van der Waals surface area contributed by atoms with Gasteiger partial charge in [0.25, 0.3) is 9.84 Å². The number of aryl methyl sites for hydroxylation is 2. The van der Waals surface area contributed by atoms with E-state index in [1.54, 1.807) is 0 Å². The van der Waals surface area contributed by atoms with Crippen LogP contribution in [0.4, 0.5) is 22.0 Å². The molecule has 0 heterocycles. The van der Waals surface area contributed by atoms with Crippen LogP contribution in [0.25, 0.3) is 0 Å². The maximum absolute atomic E-state index is 12.9. The molecule has 8 heteroatoms. The Morgan fingerprint density at radius 2 is 1.28 bits per heavy atom. The number of alkyl halides is 5. The molecule has 102 valence electrons.